The average Bonchev–Trinajstić information content (AvgIpc) is 2.65. The first-order valence-corrected chi connectivity index (χ1v) is 6.84. The summed E-state index contributed by atoms with van der Waals surface area (Å²) in [6.45, 7) is 7.60. The van der Waals surface area contributed by atoms with E-state index in [4.69, 9.17) is 4.74 Å². The molecule has 6 nitrogen and oxygen atoms in total. The number of halogens is 1. The van der Waals surface area contributed by atoms with E-state index >= 15 is 0 Å². The number of hydrogen-bond donors (Lipinski definition) is 2. The van der Waals surface area contributed by atoms with E-state index in [-0.39, 0.29) is 12.6 Å². The first kappa shape index (κ1) is 16.0. The number of nitrogens with zero attached hydrogens (tertiary/aromatic N) is 2. The highest BCUT2D eigenvalue weighted by Crippen LogP contribution is 2.15. The molecule has 0 aliphatic carbocycles. The maximum atomic E-state index is 11.5. The summed E-state index contributed by atoms with van der Waals surface area (Å²) in [6, 6.07) is 1.66. The van der Waals surface area contributed by atoms with Gasteiger partial charge >= 0.3 is 6.09 Å². The number of carbonyl (C=O) groups excluding carboxylic acids is 1. The summed E-state index contributed by atoms with van der Waals surface area (Å²) < 4.78 is 7.47. The largest absolute Gasteiger partial charge is 0.444 e. The van der Waals surface area contributed by atoms with Crippen molar-refractivity contribution in [3.8, 4) is 0 Å². The number of ether oxygens (including phenoxy) is 1. The van der Waals surface area contributed by atoms with E-state index in [2.05, 4.69) is 26.3 Å². The lowest BCUT2D eigenvalue weighted by Crippen LogP contribution is -2.35. The highest BCUT2D eigenvalue weighted by atomic mass is 79.9. The van der Waals surface area contributed by atoms with Gasteiger partial charge in [-0.15, -0.1) is 0 Å². The van der Waals surface area contributed by atoms with Gasteiger partial charge in [-0.25, -0.2) is 4.79 Å². The third-order valence-corrected chi connectivity index (χ3v) is 2.69. The topological polar surface area (TPSA) is 76.4 Å². The molecule has 0 saturated carbocycles. The molecular formula is C12H20BrN3O3. The van der Waals surface area contributed by atoms with E-state index in [0.717, 1.165) is 0 Å². The zero-order valence-electron chi connectivity index (χ0n) is 11.6. The Morgan fingerprint density at radius 3 is 2.79 bits per heavy atom. The predicted molar refractivity (Wildman–Crippen MR) is 74.8 cm³/mol. The van der Waals surface area contributed by atoms with Gasteiger partial charge in [-0.1, -0.05) is 0 Å². The smallest absolute Gasteiger partial charge is 0.407 e. The van der Waals surface area contributed by atoms with E-state index in [1.807, 2.05) is 27.7 Å². The molecule has 1 aromatic rings. The van der Waals surface area contributed by atoms with Crippen LogP contribution in [0.4, 0.5) is 4.79 Å². The molecule has 0 unspecified atom stereocenters. The molecule has 0 aromatic carbocycles. The molecule has 0 saturated heterocycles. The second-order valence-electron chi connectivity index (χ2n) is 5.29. The van der Waals surface area contributed by atoms with E-state index in [9.17, 15) is 9.90 Å². The molecule has 7 heteroatoms. The van der Waals surface area contributed by atoms with Crippen molar-refractivity contribution in [1.82, 2.24) is 15.1 Å². The van der Waals surface area contributed by atoms with Crippen molar-refractivity contribution < 1.29 is 14.6 Å². The highest BCUT2D eigenvalue weighted by Gasteiger charge is 2.18. The van der Waals surface area contributed by atoms with Crippen molar-refractivity contribution in [2.45, 2.75) is 45.9 Å². The molecule has 19 heavy (non-hydrogen) atoms. The Bertz CT molecular complexity index is 440. The normalized spacial score (nSPS) is 13.2. The van der Waals surface area contributed by atoms with Gasteiger partial charge in [-0.05, 0) is 49.7 Å². The number of alkyl carbamates (subject to hydrolysis) is 1. The fourth-order valence-corrected chi connectivity index (χ4v) is 1.97. The molecule has 1 amide bonds. The van der Waals surface area contributed by atoms with Crippen molar-refractivity contribution in [2.24, 2.45) is 0 Å². The van der Waals surface area contributed by atoms with Gasteiger partial charge in [0.1, 0.15) is 10.2 Å². The molecule has 0 radical (unpaired) electrons. The molecule has 0 aliphatic heterocycles. The number of rotatable bonds is 4. The highest BCUT2D eigenvalue weighted by molar-refractivity contribution is 9.10. The van der Waals surface area contributed by atoms with Gasteiger partial charge in [0.25, 0.3) is 0 Å². The number of carbonyl (C=O) groups is 1. The minimum absolute atomic E-state index is 0.0824. The fourth-order valence-electron chi connectivity index (χ4n) is 1.53. The average molecular weight is 334 g/mol. The van der Waals surface area contributed by atoms with Crippen LogP contribution in [0.3, 0.4) is 0 Å². The van der Waals surface area contributed by atoms with Crippen molar-refractivity contribution >= 4 is 22.0 Å². The van der Waals surface area contributed by atoms with Gasteiger partial charge in [0.15, 0.2) is 0 Å². The Morgan fingerprint density at radius 2 is 2.26 bits per heavy atom. The number of aliphatic hydroxyl groups is 1. The number of aromatic nitrogens is 2. The number of aliphatic hydroxyl groups excluding tert-OH is 1. The Hall–Kier alpha value is -1.08. The molecule has 1 aromatic heterocycles. The van der Waals surface area contributed by atoms with Gasteiger partial charge in [0, 0.05) is 6.54 Å². The van der Waals surface area contributed by atoms with Gasteiger partial charge in [-0.3, -0.25) is 4.68 Å². The van der Waals surface area contributed by atoms with Crippen LogP contribution in [-0.2, 0) is 11.3 Å². The second kappa shape index (κ2) is 6.38. The maximum Gasteiger partial charge on any atom is 0.407 e. The lowest BCUT2D eigenvalue weighted by Gasteiger charge is -2.21. The van der Waals surface area contributed by atoms with Crippen LogP contribution < -0.4 is 5.32 Å². The molecule has 0 fully saturated rings. The second-order valence-corrected chi connectivity index (χ2v) is 6.11. The molecule has 2 N–H and O–H groups in total. The van der Waals surface area contributed by atoms with Crippen LogP contribution in [0.1, 0.15) is 39.4 Å². The van der Waals surface area contributed by atoms with Crippen LogP contribution in [0.25, 0.3) is 0 Å². The minimum Gasteiger partial charge on any atom is -0.444 e. The lowest BCUT2D eigenvalue weighted by molar-refractivity contribution is 0.0520. The molecule has 1 heterocycles. The summed E-state index contributed by atoms with van der Waals surface area (Å²) >= 11 is 3.26. The van der Waals surface area contributed by atoms with Crippen LogP contribution in [0.2, 0.25) is 0 Å². The first-order valence-electron chi connectivity index (χ1n) is 6.04. The number of amides is 1. The van der Waals surface area contributed by atoms with E-state index < -0.39 is 11.7 Å². The van der Waals surface area contributed by atoms with Crippen LogP contribution in [-0.4, -0.2) is 33.1 Å². The lowest BCUT2D eigenvalue weighted by atomic mass is 10.2. The van der Waals surface area contributed by atoms with Gasteiger partial charge < -0.3 is 15.2 Å². The van der Waals surface area contributed by atoms with Crippen molar-refractivity contribution in [3.63, 3.8) is 0 Å². The van der Waals surface area contributed by atoms with Crippen LogP contribution in [0, 0.1) is 0 Å². The Labute approximate surface area is 121 Å². The minimum atomic E-state index is -0.516. The SMILES string of the molecule is C[C@@H](CNC(=O)OC(C)(C)C)n1nc(Br)cc1CO. The molecular weight excluding hydrogens is 314 g/mol. The van der Waals surface area contributed by atoms with Crippen molar-refractivity contribution in [2.75, 3.05) is 6.54 Å². The van der Waals surface area contributed by atoms with Crippen LogP contribution in [0.15, 0.2) is 10.7 Å². The van der Waals surface area contributed by atoms with Gasteiger partial charge in [0.2, 0.25) is 0 Å². The Kier molecular flexibility index (Phi) is 5.37. The number of hydrogen-bond acceptors (Lipinski definition) is 4. The summed E-state index contributed by atoms with van der Waals surface area (Å²) in [7, 11) is 0. The van der Waals surface area contributed by atoms with E-state index in [1.54, 1.807) is 10.7 Å². The van der Waals surface area contributed by atoms with E-state index in [0.29, 0.717) is 16.8 Å². The molecule has 108 valence electrons. The fraction of sp³-hybridized carbons (Fsp3) is 0.667. The molecule has 0 spiro atoms. The Morgan fingerprint density at radius 1 is 1.63 bits per heavy atom. The Balaban J connectivity index is 2.55. The first-order chi connectivity index (χ1) is 8.73. The standard InChI is InChI=1S/C12H20BrN3O3/c1-8(6-14-11(18)19-12(2,3)4)16-9(7-17)5-10(13)15-16/h5,8,17H,6-7H2,1-4H3,(H,14,18)/t8-/m0/s1. The third kappa shape index (κ3) is 5.20. The molecule has 0 bridgehead atoms. The summed E-state index contributed by atoms with van der Waals surface area (Å²) in [6.07, 6.45) is -0.462. The third-order valence-electron chi connectivity index (χ3n) is 2.30. The predicted octanol–water partition coefficient (Wildman–Crippen LogP) is 2.22. The van der Waals surface area contributed by atoms with Crippen LogP contribution in [0.5, 0.6) is 0 Å². The monoisotopic (exact) mass is 333 g/mol. The van der Waals surface area contributed by atoms with Crippen molar-refractivity contribution in [3.05, 3.63) is 16.4 Å². The number of nitrogens with one attached hydrogen (secondary N) is 1. The summed E-state index contributed by atoms with van der Waals surface area (Å²) in [5, 5.41) is 16.1. The zero-order chi connectivity index (χ0) is 14.6. The summed E-state index contributed by atoms with van der Waals surface area (Å²) in [4.78, 5) is 11.5. The van der Waals surface area contributed by atoms with Gasteiger partial charge in [-0.2, -0.15) is 5.10 Å². The molecule has 0 aliphatic rings. The quantitative estimate of drug-likeness (QED) is 0.885. The molecule has 1 rings (SSSR count). The zero-order valence-corrected chi connectivity index (χ0v) is 13.2. The molecule has 1 atom stereocenters. The maximum absolute atomic E-state index is 11.5. The summed E-state index contributed by atoms with van der Waals surface area (Å²) in [5.74, 6) is 0. The van der Waals surface area contributed by atoms with Crippen LogP contribution >= 0.6 is 15.9 Å². The van der Waals surface area contributed by atoms with Gasteiger partial charge in [0.05, 0.1) is 18.3 Å². The van der Waals surface area contributed by atoms with Crippen molar-refractivity contribution in [1.29, 1.82) is 0 Å². The van der Waals surface area contributed by atoms with E-state index in [1.165, 1.54) is 0 Å². The summed E-state index contributed by atoms with van der Waals surface area (Å²) in [5.41, 5.74) is 0.170.